The van der Waals surface area contributed by atoms with Crippen molar-refractivity contribution in [1.82, 2.24) is 14.9 Å². The maximum absolute atomic E-state index is 11.9. The third kappa shape index (κ3) is 3.55. The van der Waals surface area contributed by atoms with E-state index >= 15 is 0 Å². The van der Waals surface area contributed by atoms with Crippen LogP contribution in [-0.4, -0.2) is 52.1 Å². The van der Waals surface area contributed by atoms with Crippen LogP contribution in [-0.2, 0) is 11.4 Å². The van der Waals surface area contributed by atoms with Gasteiger partial charge < -0.3 is 14.9 Å². The number of aromatic nitrogens is 2. The number of amides is 1. The van der Waals surface area contributed by atoms with Gasteiger partial charge >= 0.3 is 0 Å². The normalized spacial score (nSPS) is 20.5. The van der Waals surface area contributed by atoms with Crippen molar-refractivity contribution < 1.29 is 9.90 Å². The van der Waals surface area contributed by atoms with E-state index in [1.54, 1.807) is 12.3 Å². The quantitative estimate of drug-likeness (QED) is 0.905. The van der Waals surface area contributed by atoms with Crippen molar-refractivity contribution in [3.63, 3.8) is 0 Å². The lowest BCUT2D eigenvalue weighted by Crippen LogP contribution is -2.43. The Hall–Kier alpha value is -1.69. The van der Waals surface area contributed by atoms with Gasteiger partial charge in [-0.25, -0.2) is 9.97 Å². The molecule has 2 aliphatic heterocycles. The maximum Gasteiger partial charge on any atom is 0.225 e. The smallest absolute Gasteiger partial charge is 0.225 e. The Morgan fingerprint density at radius 3 is 2.77 bits per heavy atom. The zero-order valence-corrected chi connectivity index (χ0v) is 12.9. The number of hydrogen-bond acceptors (Lipinski definition) is 5. The Morgan fingerprint density at radius 1 is 1.23 bits per heavy atom. The number of piperidine rings is 2. The van der Waals surface area contributed by atoms with Crippen LogP contribution in [0.4, 0.5) is 5.95 Å². The fourth-order valence-electron chi connectivity index (χ4n) is 3.31. The van der Waals surface area contributed by atoms with Crippen molar-refractivity contribution in [2.75, 3.05) is 31.1 Å². The second-order valence-electron chi connectivity index (χ2n) is 6.23. The van der Waals surface area contributed by atoms with E-state index in [1.165, 1.54) is 0 Å². The minimum absolute atomic E-state index is 0.0525. The second-order valence-corrected chi connectivity index (χ2v) is 6.23. The molecule has 6 heteroatoms. The van der Waals surface area contributed by atoms with Crippen LogP contribution in [0.15, 0.2) is 12.3 Å². The summed E-state index contributed by atoms with van der Waals surface area (Å²) in [6.07, 6.45) is 6.75. The van der Waals surface area contributed by atoms with Crippen molar-refractivity contribution in [2.45, 2.75) is 38.7 Å². The summed E-state index contributed by atoms with van der Waals surface area (Å²) in [5.74, 6) is 1.62. The Morgan fingerprint density at radius 2 is 2.05 bits per heavy atom. The van der Waals surface area contributed by atoms with E-state index in [0.29, 0.717) is 23.5 Å². The summed E-state index contributed by atoms with van der Waals surface area (Å²) in [4.78, 5) is 24.8. The van der Waals surface area contributed by atoms with Crippen molar-refractivity contribution >= 4 is 11.9 Å². The monoisotopic (exact) mass is 304 g/mol. The van der Waals surface area contributed by atoms with Gasteiger partial charge in [0.1, 0.15) is 0 Å². The molecule has 2 fully saturated rings. The number of hydrogen-bond donors (Lipinski definition) is 1. The topological polar surface area (TPSA) is 69.6 Å². The molecule has 22 heavy (non-hydrogen) atoms. The fraction of sp³-hybridized carbons (Fsp3) is 0.688. The third-order valence-electron chi connectivity index (χ3n) is 4.66. The molecule has 6 nitrogen and oxygen atoms in total. The molecule has 1 aromatic rings. The number of aliphatic hydroxyl groups excluding tert-OH is 1. The van der Waals surface area contributed by atoms with Gasteiger partial charge in [-0.2, -0.15) is 0 Å². The molecule has 0 spiro atoms. The number of likely N-dealkylation sites (tertiary alicyclic amines) is 1. The Bertz CT molecular complexity index is 515. The average molecular weight is 304 g/mol. The molecule has 2 saturated heterocycles. The van der Waals surface area contributed by atoms with E-state index in [4.69, 9.17) is 5.11 Å². The molecule has 3 heterocycles. The van der Waals surface area contributed by atoms with Crippen LogP contribution in [0.1, 0.15) is 37.8 Å². The summed E-state index contributed by atoms with van der Waals surface area (Å²) < 4.78 is 0. The average Bonchev–Trinajstić information content (AvgIpc) is 2.58. The lowest BCUT2D eigenvalue weighted by atomic mass is 9.95. The van der Waals surface area contributed by atoms with Crippen molar-refractivity contribution in [3.05, 3.63) is 18.0 Å². The molecule has 2 aliphatic rings. The highest BCUT2D eigenvalue weighted by Gasteiger charge is 2.26. The number of carbonyl (C=O) groups is 1. The number of nitrogens with zero attached hydrogens (tertiary/aromatic N) is 4. The van der Waals surface area contributed by atoms with E-state index in [2.05, 4.69) is 14.9 Å². The Balaban J connectivity index is 1.52. The molecule has 0 radical (unpaired) electrons. The molecular weight excluding hydrogens is 280 g/mol. The minimum Gasteiger partial charge on any atom is -0.390 e. The van der Waals surface area contributed by atoms with Crippen LogP contribution in [0, 0.1) is 5.92 Å². The van der Waals surface area contributed by atoms with Gasteiger partial charge in [0.25, 0.3) is 0 Å². The first-order valence-electron chi connectivity index (χ1n) is 8.22. The van der Waals surface area contributed by atoms with Crippen molar-refractivity contribution in [3.8, 4) is 0 Å². The molecule has 0 bridgehead atoms. The standard InChI is InChI=1S/C16H24N4O2/c21-12-14-4-7-17-16(18-14)19-9-5-13(6-10-19)11-20-8-2-1-3-15(20)22/h4,7,13,21H,1-3,5-6,8-12H2. The molecule has 3 rings (SSSR count). The summed E-state index contributed by atoms with van der Waals surface area (Å²) in [5, 5.41) is 9.16. The molecule has 0 atom stereocenters. The largest absolute Gasteiger partial charge is 0.390 e. The van der Waals surface area contributed by atoms with Crippen LogP contribution >= 0.6 is 0 Å². The zero-order valence-electron chi connectivity index (χ0n) is 12.9. The van der Waals surface area contributed by atoms with E-state index in [0.717, 1.165) is 58.3 Å². The van der Waals surface area contributed by atoms with E-state index in [-0.39, 0.29) is 6.61 Å². The van der Waals surface area contributed by atoms with Gasteiger partial charge in [-0.1, -0.05) is 0 Å². The van der Waals surface area contributed by atoms with Crippen LogP contribution in [0.5, 0.6) is 0 Å². The summed E-state index contributed by atoms with van der Waals surface area (Å²) in [7, 11) is 0. The molecular formula is C16H24N4O2. The minimum atomic E-state index is -0.0525. The van der Waals surface area contributed by atoms with Crippen molar-refractivity contribution in [2.24, 2.45) is 5.92 Å². The molecule has 1 amide bonds. The molecule has 120 valence electrons. The first-order valence-corrected chi connectivity index (χ1v) is 8.22. The Labute approximate surface area is 131 Å². The Kier molecular flexibility index (Phi) is 4.87. The lowest BCUT2D eigenvalue weighted by Gasteiger charge is -2.36. The van der Waals surface area contributed by atoms with Gasteiger partial charge in [0.15, 0.2) is 0 Å². The summed E-state index contributed by atoms with van der Waals surface area (Å²) in [5.41, 5.74) is 0.658. The molecule has 1 aromatic heterocycles. The summed E-state index contributed by atoms with van der Waals surface area (Å²) >= 11 is 0. The van der Waals surface area contributed by atoms with Crippen LogP contribution in [0.3, 0.4) is 0 Å². The van der Waals surface area contributed by atoms with Gasteiger partial charge in [0, 0.05) is 38.8 Å². The van der Waals surface area contributed by atoms with Gasteiger partial charge in [-0.15, -0.1) is 0 Å². The van der Waals surface area contributed by atoms with E-state index < -0.39 is 0 Å². The van der Waals surface area contributed by atoms with Crippen LogP contribution in [0.25, 0.3) is 0 Å². The van der Waals surface area contributed by atoms with E-state index in [1.807, 2.05) is 4.90 Å². The lowest BCUT2D eigenvalue weighted by molar-refractivity contribution is -0.134. The van der Waals surface area contributed by atoms with Gasteiger partial charge in [0.05, 0.1) is 12.3 Å². The van der Waals surface area contributed by atoms with Crippen LogP contribution < -0.4 is 4.90 Å². The van der Waals surface area contributed by atoms with Gasteiger partial charge in [-0.05, 0) is 37.7 Å². The summed E-state index contributed by atoms with van der Waals surface area (Å²) in [6.45, 7) is 3.62. The zero-order chi connectivity index (χ0) is 15.4. The molecule has 0 saturated carbocycles. The molecule has 1 N–H and O–H groups in total. The van der Waals surface area contributed by atoms with Crippen molar-refractivity contribution in [1.29, 1.82) is 0 Å². The number of aliphatic hydroxyl groups is 1. The predicted octanol–water partition coefficient (Wildman–Crippen LogP) is 1.20. The highest BCUT2D eigenvalue weighted by molar-refractivity contribution is 5.76. The SMILES string of the molecule is O=C1CCCCN1CC1CCN(c2nccc(CO)n2)CC1. The second kappa shape index (κ2) is 7.05. The van der Waals surface area contributed by atoms with Gasteiger partial charge in [0.2, 0.25) is 11.9 Å². The fourth-order valence-corrected chi connectivity index (χ4v) is 3.31. The van der Waals surface area contributed by atoms with Crippen LogP contribution in [0.2, 0.25) is 0 Å². The molecule has 0 aliphatic carbocycles. The highest BCUT2D eigenvalue weighted by Crippen LogP contribution is 2.23. The predicted molar refractivity (Wildman–Crippen MR) is 83.3 cm³/mol. The maximum atomic E-state index is 11.9. The number of carbonyl (C=O) groups excluding carboxylic acids is 1. The molecule has 0 unspecified atom stereocenters. The number of rotatable bonds is 4. The van der Waals surface area contributed by atoms with E-state index in [9.17, 15) is 4.79 Å². The molecule has 0 aromatic carbocycles. The first kappa shape index (κ1) is 15.2. The highest BCUT2D eigenvalue weighted by atomic mass is 16.3. The summed E-state index contributed by atoms with van der Waals surface area (Å²) in [6, 6.07) is 1.73. The number of anilines is 1. The first-order chi connectivity index (χ1) is 10.8. The van der Waals surface area contributed by atoms with Gasteiger partial charge in [-0.3, -0.25) is 4.79 Å². The third-order valence-corrected chi connectivity index (χ3v) is 4.66.